The summed E-state index contributed by atoms with van der Waals surface area (Å²) in [5.74, 6) is -0.292. The molecule has 4 rings (SSSR count). The van der Waals surface area contributed by atoms with Crippen LogP contribution < -0.4 is 15.8 Å². The Labute approximate surface area is 222 Å². The van der Waals surface area contributed by atoms with Gasteiger partial charge in [0, 0.05) is 37.9 Å². The first-order valence-corrected chi connectivity index (χ1v) is 12.9. The predicted molar refractivity (Wildman–Crippen MR) is 144 cm³/mol. The fourth-order valence-corrected chi connectivity index (χ4v) is 5.16. The normalized spacial score (nSPS) is 17.9. The molecule has 1 aliphatic heterocycles. The molecule has 8 heteroatoms. The van der Waals surface area contributed by atoms with Crippen molar-refractivity contribution in [3.8, 4) is 5.75 Å². The maximum absolute atomic E-state index is 13.5. The predicted octanol–water partition coefficient (Wildman–Crippen LogP) is 4.99. The van der Waals surface area contributed by atoms with Crippen molar-refractivity contribution in [2.75, 3.05) is 39.6 Å². The molecule has 0 unspecified atom stereocenters. The molecular formula is C30H35F2N3O3. The van der Waals surface area contributed by atoms with Crippen LogP contribution in [-0.2, 0) is 4.74 Å². The maximum Gasteiger partial charge on any atom is 0.255 e. The van der Waals surface area contributed by atoms with E-state index in [2.05, 4.69) is 10.2 Å². The van der Waals surface area contributed by atoms with E-state index in [0.29, 0.717) is 23.5 Å². The van der Waals surface area contributed by atoms with Crippen LogP contribution in [0, 0.1) is 11.6 Å². The van der Waals surface area contributed by atoms with Gasteiger partial charge in [-0.1, -0.05) is 24.3 Å². The lowest BCUT2D eigenvalue weighted by atomic mass is 9.87. The van der Waals surface area contributed by atoms with Crippen LogP contribution in [0.1, 0.15) is 46.7 Å². The Morgan fingerprint density at radius 1 is 1.03 bits per heavy atom. The van der Waals surface area contributed by atoms with Crippen molar-refractivity contribution in [1.29, 1.82) is 0 Å². The van der Waals surface area contributed by atoms with Gasteiger partial charge in [0.25, 0.3) is 5.91 Å². The van der Waals surface area contributed by atoms with Gasteiger partial charge in [-0.3, -0.25) is 4.79 Å². The summed E-state index contributed by atoms with van der Waals surface area (Å²) in [6.07, 6.45) is 2.33. The highest BCUT2D eigenvalue weighted by atomic mass is 19.1. The van der Waals surface area contributed by atoms with Crippen molar-refractivity contribution >= 4 is 11.6 Å². The highest BCUT2D eigenvalue weighted by molar-refractivity contribution is 5.97. The zero-order valence-corrected chi connectivity index (χ0v) is 21.8. The number of nitrogen functional groups attached to an aromatic ring is 1. The first kappa shape index (κ1) is 27.5. The van der Waals surface area contributed by atoms with E-state index in [1.54, 1.807) is 49.6 Å². The number of anilines is 1. The summed E-state index contributed by atoms with van der Waals surface area (Å²) in [5.41, 5.74) is 8.80. The van der Waals surface area contributed by atoms with Gasteiger partial charge in [-0.25, -0.2) is 8.78 Å². The van der Waals surface area contributed by atoms with Crippen molar-refractivity contribution in [1.82, 2.24) is 10.2 Å². The van der Waals surface area contributed by atoms with Gasteiger partial charge in [-0.15, -0.1) is 0 Å². The molecule has 1 aliphatic rings. The smallest absolute Gasteiger partial charge is 0.255 e. The summed E-state index contributed by atoms with van der Waals surface area (Å²) < 4.78 is 38.1. The van der Waals surface area contributed by atoms with E-state index >= 15 is 0 Å². The molecule has 1 amide bonds. The number of hydrogen-bond donors (Lipinski definition) is 2. The standard InChI is InChI=1S/C30H35F2N3O3/c1-37-28-18-24(33)13-14-26(28)30(36)34-27-15-17-35(19-29(27)38-2)16-3-4-25(20-5-9-22(31)10-6-20)21-7-11-23(32)12-8-21/h5-14,18,25,27,29H,3-4,15-17,19,33H2,1-2H3,(H,34,36)/t27-,29+/m0/s1. The number of ether oxygens (including phenoxy) is 2. The highest BCUT2D eigenvalue weighted by Crippen LogP contribution is 2.30. The number of likely N-dealkylation sites (tertiary alicyclic amines) is 1. The lowest BCUT2D eigenvalue weighted by Gasteiger charge is -2.38. The summed E-state index contributed by atoms with van der Waals surface area (Å²) in [7, 11) is 3.18. The number of amides is 1. The van der Waals surface area contributed by atoms with Crippen LogP contribution in [0.2, 0.25) is 0 Å². The molecule has 3 aromatic carbocycles. The molecule has 3 aromatic rings. The Morgan fingerprint density at radius 3 is 2.24 bits per heavy atom. The molecule has 1 heterocycles. The summed E-state index contributed by atoms with van der Waals surface area (Å²) in [6, 6.07) is 17.9. The molecule has 0 bridgehead atoms. The molecule has 2 atom stereocenters. The van der Waals surface area contributed by atoms with Crippen LogP contribution in [0.4, 0.5) is 14.5 Å². The highest BCUT2D eigenvalue weighted by Gasteiger charge is 2.31. The number of methoxy groups -OCH3 is 2. The minimum atomic E-state index is -0.276. The quantitative estimate of drug-likeness (QED) is 0.367. The molecule has 0 spiro atoms. The van der Waals surface area contributed by atoms with E-state index in [-0.39, 0.29) is 35.6 Å². The molecular weight excluding hydrogens is 488 g/mol. The SMILES string of the molecule is COc1cc(N)ccc1C(=O)N[C@H]1CCN(CCCC(c2ccc(F)cc2)c2ccc(F)cc2)C[C@H]1OC. The fraction of sp³-hybridized carbons (Fsp3) is 0.367. The number of nitrogens with one attached hydrogen (secondary N) is 1. The number of halogens is 2. The van der Waals surface area contributed by atoms with Gasteiger partial charge >= 0.3 is 0 Å². The van der Waals surface area contributed by atoms with Gasteiger partial charge in [0.15, 0.2) is 0 Å². The molecule has 0 radical (unpaired) electrons. The number of hydrogen-bond acceptors (Lipinski definition) is 5. The average Bonchev–Trinajstić information content (AvgIpc) is 2.93. The van der Waals surface area contributed by atoms with Crippen molar-refractivity contribution in [3.05, 3.63) is 95.1 Å². The van der Waals surface area contributed by atoms with Gasteiger partial charge in [0.05, 0.1) is 24.8 Å². The lowest BCUT2D eigenvalue weighted by molar-refractivity contribution is 0.00593. The third-order valence-electron chi connectivity index (χ3n) is 7.24. The van der Waals surface area contributed by atoms with Gasteiger partial charge in [-0.05, 0) is 73.3 Å². The van der Waals surface area contributed by atoms with Crippen molar-refractivity contribution in [2.45, 2.75) is 37.3 Å². The van der Waals surface area contributed by atoms with Gasteiger partial charge in [-0.2, -0.15) is 0 Å². The monoisotopic (exact) mass is 523 g/mol. The van der Waals surface area contributed by atoms with Crippen LogP contribution in [0.15, 0.2) is 66.7 Å². The molecule has 1 fully saturated rings. The van der Waals surface area contributed by atoms with E-state index in [4.69, 9.17) is 15.2 Å². The minimum absolute atomic E-state index is 0.0427. The Bertz CT molecular complexity index is 1160. The van der Waals surface area contributed by atoms with E-state index in [1.807, 2.05) is 0 Å². The van der Waals surface area contributed by atoms with Gasteiger partial charge in [0.1, 0.15) is 17.4 Å². The van der Waals surface area contributed by atoms with E-state index in [0.717, 1.165) is 43.5 Å². The maximum atomic E-state index is 13.5. The van der Waals surface area contributed by atoms with E-state index in [1.165, 1.54) is 31.4 Å². The molecule has 0 aliphatic carbocycles. The van der Waals surface area contributed by atoms with Crippen LogP contribution >= 0.6 is 0 Å². The molecule has 3 N–H and O–H groups in total. The number of benzene rings is 3. The number of carbonyl (C=O) groups excluding carboxylic acids is 1. The third kappa shape index (κ3) is 6.88. The Morgan fingerprint density at radius 2 is 1.66 bits per heavy atom. The first-order chi connectivity index (χ1) is 18.4. The van der Waals surface area contributed by atoms with E-state index in [9.17, 15) is 13.6 Å². The average molecular weight is 524 g/mol. The summed E-state index contributed by atoms with van der Waals surface area (Å²) in [5, 5.41) is 3.10. The second-order valence-corrected chi connectivity index (χ2v) is 9.70. The fourth-order valence-electron chi connectivity index (χ4n) is 5.16. The zero-order valence-electron chi connectivity index (χ0n) is 21.8. The third-order valence-corrected chi connectivity index (χ3v) is 7.24. The molecule has 1 saturated heterocycles. The van der Waals surface area contributed by atoms with Gasteiger partial charge in [0.2, 0.25) is 0 Å². The summed E-state index contributed by atoms with van der Waals surface area (Å²) >= 11 is 0. The summed E-state index contributed by atoms with van der Waals surface area (Å²) in [4.78, 5) is 15.3. The largest absolute Gasteiger partial charge is 0.496 e. The minimum Gasteiger partial charge on any atom is -0.496 e. The van der Waals surface area contributed by atoms with Crippen LogP contribution in [-0.4, -0.2) is 56.8 Å². The Balaban J connectivity index is 1.35. The molecule has 0 saturated carbocycles. The molecule has 38 heavy (non-hydrogen) atoms. The topological polar surface area (TPSA) is 76.8 Å². The Kier molecular flexibility index (Phi) is 9.31. The Hall–Kier alpha value is -3.49. The number of nitrogens with zero attached hydrogens (tertiary/aromatic N) is 1. The van der Waals surface area contributed by atoms with E-state index < -0.39 is 0 Å². The number of piperidine rings is 1. The summed E-state index contributed by atoms with van der Waals surface area (Å²) in [6.45, 7) is 2.37. The lowest BCUT2D eigenvalue weighted by Crippen LogP contribution is -2.54. The number of nitrogens with two attached hydrogens (primary N) is 1. The van der Waals surface area contributed by atoms with Gasteiger partial charge < -0.3 is 25.4 Å². The molecule has 6 nitrogen and oxygen atoms in total. The van der Waals surface area contributed by atoms with Crippen LogP contribution in [0.25, 0.3) is 0 Å². The van der Waals surface area contributed by atoms with Crippen molar-refractivity contribution in [3.63, 3.8) is 0 Å². The van der Waals surface area contributed by atoms with Crippen LogP contribution in [0.3, 0.4) is 0 Å². The molecule has 0 aromatic heterocycles. The molecule has 202 valence electrons. The second kappa shape index (κ2) is 12.8. The van der Waals surface area contributed by atoms with Crippen LogP contribution in [0.5, 0.6) is 5.75 Å². The number of carbonyl (C=O) groups is 1. The second-order valence-electron chi connectivity index (χ2n) is 9.70. The van der Waals surface area contributed by atoms with Crippen molar-refractivity contribution < 1.29 is 23.0 Å². The zero-order chi connectivity index (χ0) is 27.1. The first-order valence-electron chi connectivity index (χ1n) is 12.9. The number of rotatable bonds is 10. The van der Waals surface area contributed by atoms with Crippen molar-refractivity contribution in [2.24, 2.45) is 0 Å².